The summed E-state index contributed by atoms with van der Waals surface area (Å²) in [4.78, 5) is 73.2. The molecule has 17 nitrogen and oxygen atoms in total. The van der Waals surface area contributed by atoms with Crippen LogP contribution in [0, 0.1) is 104 Å². The monoisotopic (exact) mass is 2430 g/mol. The van der Waals surface area contributed by atoms with E-state index in [-0.39, 0.29) is 80.4 Å². The molecule has 21 heteroatoms. The molecular weight excluding hydrogens is 2340 g/mol. The number of nitrogens with zero attached hydrogens (tertiary/aromatic N) is 17. The first-order valence-corrected chi connectivity index (χ1v) is 41.1. The quantitative estimate of drug-likeness (QED) is 0.104. The zero-order valence-corrected chi connectivity index (χ0v) is 82.9. The molecule has 0 atom stereocenters. The minimum absolute atomic E-state index is 0. The van der Waals surface area contributed by atoms with E-state index in [0.717, 1.165) is 147 Å². The Hall–Kier alpha value is -14.2. The molecule has 132 heavy (non-hydrogen) atoms. The number of hydrogen-bond donors (Lipinski definition) is 0. The summed E-state index contributed by atoms with van der Waals surface area (Å²) < 4.78 is 0. The van der Waals surface area contributed by atoms with Gasteiger partial charge in [0.25, 0.3) is 0 Å². The molecule has 0 bridgehead atoms. The summed E-state index contributed by atoms with van der Waals surface area (Å²) in [5.41, 5.74) is 26.1. The molecule has 0 spiro atoms. The summed E-state index contributed by atoms with van der Waals surface area (Å²) >= 11 is 0. The summed E-state index contributed by atoms with van der Waals surface area (Å²) in [7, 11) is 0. The van der Waals surface area contributed by atoms with Crippen molar-refractivity contribution < 1.29 is 80.4 Å². The number of pyridine rings is 8. The summed E-state index contributed by atoms with van der Waals surface area (Å²) in [6.07, 6.45) is 23.5. The summed E-state index contributed by atoms with van der Waals surface area (Å²) in [5, 5.41) is 0. The van der Waals surface area contributed by atoms with Crippen LogP contribution in [0.3, 0.4) is 0 Å². The van der Waals surface area contributed by atoms with Crippen molar-refractivity contribution >= 4 is 0 Å². The SMILES string of the molecule is Cc1ccc(-c2[c-]cccc2)nc1.Cc1ccc(-c2[c-]cccc2)nc1.Cc1ccc(-c2[c-]cccc2)nc1.Cc1ccc(-c2[c-]cccc2)nc1.Cc1nc(C)nc(-c2ccnc(-c3[c-]cccc3)c2)n1.Cc1ncc(-c2ccnc(-c3[c-]cccc3)c2)cn1.Cc1nccc(-c2ccnc(-c3[c-]cccc3)c2)n1.[Ir].[Ir].[Ir].[Ir].[c-]1ccccc1-c1cc(-c2ncccn2)ccn1. The fourth-order valence-electron chi connectivity index (χ4n) is 12.2. The normalized spacial score (nSPS) is 9.88. The molecule has 8 aromatic carbocycles. The van der Waals surface area contributed by atoms with Crippen molar-refractivity contribution in [2.24, 2.45) is 0 Å². The van der Waals surface area contributed by atoms with Gasteiger partial charge in [0.2, 0.25) is 0 Å². The Morgan fingerprint density at radius 1 is 0.167 bits per heavy atom. The molecule has 0 amide bonds. The Bertz CT molecular complexity index is 6310. The third-order valence-corrected chi connectivity index (χ3v) is 18.7. The molecule has 0 unspecified atom stereocenters. The van der Waals surface area contributed by atoms with Gasteiger partial charge in [-0.1, -0.05) is 72.8 Å². The van der Waals surface area contributed by atoms with E-state index in [0.29, 0.717) is 11.6 Å². The number of aryl methyl sites for hydroxylation is 8. The van der Waals surface area contributed by atoms with Gasteiger partial charge in [-0.3, -0.25) is 0 Å². The largest absolute Gasteiger partial charge is 0.305 e. The van der Waals surface area contributed by atoms with Gasteiger partial charge in [0.1, 0.15) is 23.3 Å². The van der Waals surface area contributed by atoms with E-state index in [1.807, 2.05) is 366 Å². The Kier molecular flexibility index (Phi) is 41.8. The maximum atomic E-state index is 4.43. The zero-order chi connectivity index (χ0) is 88.7. The Labute approximate surface area is 826 Å². The van der Waals surface area contributed by atoms with Gasteiger partial charge >= 0.3 is 0 Å². The fourth-order valence-corrected chi connectivity index (χ4v) is 12.2. The predicted octanol–water partition coefficient (Wildman–Crippen LogP) is 24.1. The molecule has 12 heterocycles. The van der Waals surface area contributed by atoms with Crippen LogP contribution in [0.2, 0.25) is 0 Å². The average Bonchev–Trinajstić information content (AvgIpc) is 0.460. The van der Waals surface area contributed by atoms with Crippen LogP contribution < -0.4 is 0 Å². The Morgan fingerprint density at radius 3 is 0.742 bits per heavy atom. The molecule has 0 aliphatic rings. The maximum Gasteiger partial charge on any atom is 0.162 e. The second-order valence-corrected chi connectivity index (χ2v) is 28.6. The summed E-state index contributed by atoms with van der Waals surface area (Å²) in [6.45, 7) is 15.6. The smallest absolute Gasteiger partial charge is 0.162 e. The van der Waals surface area contributed by atoms with Gasteiger partial charge in [-0.2, -0.15) is 0 Å². The topological polar surface area (TPSA) is 219 Å². The molecule has 0 saturated carbocycles. The molecule has 0 aliphatic heterocycles. The van der Waals surface area contributed by atoms with Gasteiger partial charge in [0, 0.05) is 178 Å². The average molecular weight is 2430 g/mol. The van der Waals surface area contributed by atoms with Crippen molar-refractivity contribution in [3.63, 3.8) is 0 Å². The van der Waals surface area contributed by atoms with Crippen molar-refractivity contribution in [1.29, 1.82) is 0 Å². The van der Waals surface area contributed by atoms with Crippen LogP contribution in [0.4, 0.5) is 0 Å². The molecule has 20 aromatic rings. The van der Waals surface area contributed by atoms with Crippen molar-refractivity contribution in [2.45, 2.75) is 55.4 Å². The van der Waals surface area contributed by atoms with E-state index >= 15 is 0 Å². The van der Waals surface area contributed by atoms with Gasteiger partial charge in [-0.05, 0) is 171 Å². The van der Waals surface area contributed by atoms with E-state index in [9.17, 15) is 0 Å². The number of hydrogen-bond acceptors (Lipinski definition) is 17. The van der Waals surface area contributed by atoms with E-state index in [1.54, 1.807) is 49.4 Å². The van der Waals surface area contributed by atoms with Crippen LogP contribution in [-0.4, -0.2) is 84.7 Å². The molecule has 0 aliphatic carbocycles. The first kappa shape index (κ1) is 102. The molecule has 4 radical (unpaired) electrons. The van der Waals surface area contributed by atoms with Gasteiger partial charge in [0.05, 0.1) is 5.69 Å². The molecule has 0 N–H and O–H groups in total. The van der Waals surface area contributed by atoms with E-state index in [1.165, 1.54) is 22.3 Å². The van der Waals surface area contributed by atoms with E-state index < -0.39 is 0 Å². The molecule has 20 rings (SSSR count). The first-order chi connectivity index (χ1) is 62.7. The van der Waals surface area contributed by atoms with Gasteiger partial charge in [0.15, 0.2) is 11.6 Å². The third kappa shape index (κ3) is 32.2. The minimum Gasteiger partial charge on any atom is -0.305 e. The maximum absolute atomic E-state index is 4.43. The summed E-state index contributed by atoms with van der Waals surface area (Å²) in [6, 6.07) is 124. The van der Waals surface area contributed by atoms with Crippen molar-refractivity contribution in [2.75, 3.05) is 0 Å². The first-order valence-electron chi connectivity index (χ1n) is 41.1. The van der Waals surface area contributed by atoms with Crippen LogP contribution in [0.5, 0.6) is 0 Å². The summed E-state index contributed by atoms with van der Waals surface area (Å²) in [5.74, 6) is 4.36. The van der Waals surface area contributed by atoms with Crippen LogP contribution >= 0.6 is 0 Å². The second-order valence-electron chi connectivity index (χ2n) is 28.6. The van der Waals surface area contributed by atoms with Crippen LogP contribution in [-0.2, 0) is 80.4 Å². The van der Waals surface area contributed by atoms with Crippen molar-refractivity contribution in [1.82, 2.24) is 84.7 Å². The molecular formula is C111H87Ir4N17-8. The number of aromatic nitrogens is 17. The minimum atomic E-state index is 0. The molecule has 0 saturated heterocycles. The van der Waals surface area contributed by atoms with E-state index in [2.05, 4.69) is 158 Å². The fraction of sp³-hybridized carbons (Fsp3) is 0.0721. The number of benzene rings is 8. The predicted molar refractivity (Wildman–Crippen MR) is 508 cm³/mol. The van der Waals surface area contributed by atoms with E-state index in [4.69, 9.17) is 0 Å². The van der Waals surface area contributed by atoms with Gasteiger partial charge in [-0.25, -0.2) is 44.9 Å². The van der Waals surface area contributed by atoms with Gasteiger partial charge in [-0.15, -0.1) is 287 Å². The number of rotatable bonds is 12. The molecule has 12 aromatic heterocycles. The Morgan fingerprint density at radius 2 is 0.447 bits per heavy atom. The molecule has 0 fully saturated rings. The van der Waals surface area contributed by atoms with Crippen LogP contribution in [0.1, 0.15) is 45.6 Å². The zero-order valence-electron chi connectivity index (χ0n) is 73.3. The molecule has 660 valence electrons. The van der Waals surface area contributed by atoms with Crippen molar-refractivity contribution in [3.05, 3.63) is 478 Å². The second kappa shape index (κ2) is 54.3. The standard InChI is InChI=1S/C16H13N4.2C16H12N3.C15H10N3.4C12H10N.4Ir/c1-11-18-12(2)20-16(19-11)14-8-9-17-15(10-14)13-6-4-3-5-7-13;1-12-17-10-8-15(19-12)14-7-9-18-16(11-14)13-5-3-2-4-6-13;1-12-18-10-15(11-19-12)14-7-8-17-16(9-14)13-5-3-2-4-6-13;1-2-5-12(6-3-1)14-11-13(7-10-16-14)15-17-8-4-9-18-15;4*1-10-7-8-12(13-9-10)11-5-3-2-4-6-11;;;;/h3-6,8-10H,1-2H3;2*2-5,7-11H,1H3;1-5,7-11H;4*2-5,7-9H,1H3;;;;/q8*-1;;;;. The van der Waals surface area contributed by atoms with Gasteiger partial charge < -0.3 is 39.9 Å². The van der Waals surface area contributed by atoms with Crippen molar-refractivity contribution in [3.8, 4) is 135 Å². The van der Waals surface area contributed by atoms with Crippen LogP contribution in [0.15, 0.2) is 384 Å². The third-order valence-electron chi connectivity index (χ3n) is 18.7. The van der Waals surface area contributed by atoms with Crippen LogP contribution in [0.25, 0.3) is 135 Å². The Balaban J connectivity index is 0.000000170.